The van der Waals surface area contributed by atoms with Gasteiger partial charge in [0, 0.05) is 13.1 Å². The Morgan fingerprint density at radius 3 is 2.53 bits per heavy atom. The fourth-order valence-corrected chi connectivity index (χ4v) is 3.29. The van der Waals surface area contributed by atoms with Crippen LogP contribution in [0, 0.1) is 3.57 Å². The number of amides is 1. The molecule has 98 valence electrons. The Balaban J connectivity index is 2.25. The van der Waals surface area contributed by atoms with E-state index in [4.69, 9.17) is 23.2 Å². The zero-order valence-electron chi connectivity index (χ0n) is 9.38. The maximum Gasteiger partial charge on any atom is 0.256 e. The minimum atomic E-state index is -0.217. The van der Waals surface area contributed by atoms with Crippen LogP contribution in [0.5, 0.6) is 0 Å². The highest BCUT2D eigenvalue weighted by molar-refractivity contribution is 14.1. The number of anilines is 1. The summed E-state index contributed by atoms with van der Waals surface area (Å²) in [6.07, 6.45) is 0. The highest BCUT2D eigenvalue weighted by Gasteiger charge is 2.12. The van der Waals surface area contributed by atoms with Gasteiger partial charge in [0.25, 0.3) is 5.91 Å². The SMILES string of the molecule is O=C(Nc1ccc(Br)cc1Cl)c1ccc(Cl)cc1I. The molecule has 0 aliphatic heterocycles. The molecule has 2 aromatic carbocycles. The third-order valence-corrected chi connectivity index (χ3v) is 4.29. The number of carbonyl (C=O) groups excluding carboxylic acids is 1. The Morgan fingerprint density at radius 1 is 1.16 bits per heavy atom. The summed E-state index contributed by atoms with van der Waals surface area (Å²) in [4.78, 5) is 12.2. The van der Waals surface area contributed by atoms with Crippen LogP contribution in [0.3, 0.4) is 0 Å². The topological polar surface area (TPSA) is 29.1 Å². The van der Waals surface area contributed by atoms with Crippen LogP contribution in [0.2, 0.25) is 10.0 Å². The van der Waals surface area contributed by atoms with E-state index in [0.717, 1.165) is 8.04 Å². The van der Waals surface area contributed by atoms with Crippen LogP contribution in [0.15, 0.2) is 40.9 Å². The first kappa shape index (κ1) is 15.1. The number of rotatable bonds is 2. The summed E-state index contributed by atoms with van der Waals surface area (Å²) in [5.41, 5.74) is 1.13. The first-order valence-corrected chi connectivity index (χ1v) is 7.81. The van der Waals surface area contributed by atoms with Gasteiger partial charge in [-0.3, -0.25) is 4.79 Å². The molecule has 0 bridgehead atoms. The first-order chi connectivity index (χ1) is 8.97. The lowest BCUT2D eigenvalue weighted by Gasteiger charge is -2.09. The molecule has 0 radical (unpaired) electrons. The van der Waals surface area contributed by atoms with Crippen LogP contribution in [0.1, 0.15) is 10.4 Å². The Bertz CT molecular complexity index is 649. The summed E-state index contributed by atoms with van der Waals surface area (Å²) in [6, 6.07) is 10.4. The van der Waals surface area contributed by atoms with Gasteiger partial charge in [0.15, 0.2) is 0 Å². The predicted octanol–water partition coefficient (Wildman–Crippen LogP) is 5.61. The molecule has 0 unspecified atom stereocenters. The molecule has 19 heavy (non-hydrogen) atoms. The quantitative estimate of drug-likeness (QED) is 0.568. The predicted molar refractivity (Wildman–Crippen MR) is 91.3 cm³/mol. The fraction of sp³-hybridized carbons (Fsp3) is 0. The standard InChI is InChI=1S/C13H7BrCl2INO/c14-7-1-4-12(10(16)5-7)18-13(19)9-3-2-8(15)6-11(9)17/h1-6H,(H,18,19). The third kappa shape index (κ3) is 3.84. The van der Waals surface area contributed by atoms with Gasteiger partial charge in [-0.05, 0) is 59.0 Å². The number of hydrogen-bond donors (Lipinski definition) is 1. The Labute approximate surface area is 142 Å². The molecule has 0 aliphatic rings. The van der Waals surface area contributed by atoms with Gasteiger partial charge in [0.2, 0.25) is 0 Å². The van der Waals surface area contributed by atoms with Gasteiger partial charge >= 0.3 is 0 Å². The zero-order valence-corrected chi connectivity index (χ0v) is 14.6. The van der Waals surface area contributed by atoms with Crippen molar-refractivity contribution >= 4 is 73.3 Å². The molecule has 0 atom stereocenters. The van der Waals surface area contributed by atoms with Crippen molar-refractivity contribution in [2.45, 2.75) is 0 Å². The molecule has 2 aromatic rings. The van der Waals surface area contributed by atoms with Crippen molar-refractivity contribution in [1.82, 2.24) is 0 Å². The average molecular weight is 471 g/mol. The lowest BCUT2D eigenvalue weighted by atomic mass is 10.2. The van der Waals surface area contributed by atoms with Crippen LogP contribution in [0.4, 0.5) is 5.69 Å². The molecule has 0 spiro atoms. The molecular weight excluding hydrogens is 464 g/mol. The minimum absolute atomic E-state index is 0.217. The number of halogens is 4. The van der Waals surface area contributed by atoms with Crippen molar-refractivity contribution in [3.05, 3.63) is 60.0 Å². The Hall–Kier alpha value is -0.300. The first-order valence-electron chi connectivity index (χ1n) is 5.19. The molecule has 2 rings (SSSR count). The second-order valence-electron chi connectivity index (χ2n) is 3.70. The normalized spacial score (nSPS) is 10.3. The Kier molecular flexibility index (Phi) is 5.11. The highest BCUT2D eigenvalue weighted by Crippen LogP contribution is 2.27. The summed E-state index contributed by atoms with van der Waals surface area (Å²) >= 11 is 17.3. The molecular formula is C13H7BrCl2INO. The van der Waals surface area contributed by atoms with Crippen molar-refractivity contribution in [3.63, 3.8) is 0 Å². The molecule has 0 aliphatic carbocycles. The van der Waals surface area contributed by atoms with Crippen molar-refractivity contribution in [2.24, 2.45) is 0 Å². The summed E-state index contributed by atoms with van der Waals surface area (Å²) in [7, 11) is 0. The van der Waals surface area contributed by atoms with Gasteiger partial charge in [-0.15, -0.1) is 0 Å². The molecule has 0 heterocycles. The van der Waals surface area contributed by atoms with E-state index in [1.165, 1.54) is 0 Å². The van der Waals surface area contributed by atoms with E-state index in [1.54, 1.807) is 30.3 Å². The van der Waals surface area contributed by atoms with E-state index in [9.17, 15) is 4.79 Å². The van der Waals surface area contributed by atoms with Gasteiger partial charge in [-0.1, -0.05) is 39.1 Å². The van der Waals surface area contributed by atoms with E-state index < -0.39 is 0 Å². The summed E-state index contributed by atoms with van der Waals surface area (Å²) in [5, 5.41) is 3.85. The lowest BCUT2D eigenvalue weighted by Crippen LogP contribution is -2.13. The van der Waals surface area contributed by atoms with Crippen molar-refractivity contribution in [1.29, 1.82) is 0 Å². The number of benzene rings is 2. The van der Waals surface area contributed by atoms with Gasteiger partial charge in [0.05, 0.1) is 16.3 Å². The van der Waals surface area contributed by atoms with Crippen LogP contribution in [0.25, 0.3) is 0 Å². The average Bonchev–Trinajstić information content (AvgIpc) is 2.32. The van der Waals surface area contributed by atoms with Gasteiger partial charge < -0.3 is 5.32 Å². The molecule has 6 heteroatoms. The maximum absolute atomic E-state index is 12.2. The largest absolute Gasteiger partial charge is 0.321 e. The lowest BCUT2D eigenvalue weighted by molar-refractivity contribution is 0.102. The van der Waals surface area contributed by atoms with E-state index in [1.807, 2.05) is 6.07 Å². The molecule has 0 saturated carbocycles. The fourth-order valence-electron chi connectivity index (χ4n) is 1.45. The van der Waals surface area contributed by atoms with E-state index in [-0.39, 0.29) is 5.91 Å². The van der Waals surface area contributed by atoms with Gasteiger partial charge in [0.1, 0.15) is 0 Å². The highest BCUT2D eigenvalue weighted by atomic mass is 127. The van der Waals surface area contributed by atoms with E-state index >= 15 is 0 Å². The molecule has 0 aromatic heterocycles. The van der Waals surface area contributed by atoms with E-state index in [2.05, 4.69) is 43.8 Å². The van der Waals surface area contributed by atoms with Crippen LogP contribution in [-0.4, -0.2) is 5.91 Å². The Morgan fingerprint density at radius 2 is 1.89 bits per heavy atom. The van der Waals surface area contributed by atoms with Crippen LogP contribution >= 0.6 is 61.7 Å². The second kappa shape index (κ2) is 6.43. The second-order valence-corrected chi connectivity index (χ2v) is 6.62. The maximum atomic E-state index is 12.2. The molecule has 1 N–H and O–H groups in total. The smallest absolute Gasteiger partial charge is 0.256 e. The van der Waals surface area contributed by atoms with Crippen molar-refractivity contribution in [3.8, 4) is 0 Å². The summed E-state index contributed by atoms with van der Waals surface area (Å²) in [5.74, 6) is -0.217. The molecule has 1 amide bonds. The van der Waals surface area contributed by atoms with Crippen LogP contribution < -0.4 is 5.32 Å². The van der Waals surface area contributed by atoms with E-state index in [0.29, 0.717) is 21.3 Å². The number of nitrogens with one attached hydrogen (secondary N) is 1. The summed E-state index contributed by atoms with van der Waals surface area (Å²) < 4.78 is 1.65. The van der Waals surface area contributed by atoms with Gasteiger partial charge in [-0.25, -0.2) is 0 Å². The molecule has 2 nitrogen and oxygen atoms in total. The monoisotopic (exact) mass is 469 g/mol. The minimum Gasteiger partial charge on any atom is -0.321 e. The zero-order chi connectivity index (χ0) is 14.0. The van der Waals surface area contributed by atoms with Crippen molar-refractivity contribution in [2.75, 3.05) is 5.32 Å². The van der Waals surface area contributed by atoms with Gasteiger partial charge in [-0.2, -0.15) is 0 Å². The molecule has 0 saturated heterocycles. The molecule has 0 fully saturated rings. The van der Waals surface area contributed by atoms with Crippen molar-refractivity contribution < 1.29 is 4.79 Å². The summed E-state index contributed by atoms with van der Waals surface area (Å²) in [6.45, 7) is 0. The number of hydrogen-bond acceptors (Lipinski definition) is 1. The number of carbonyl (C=O) groups is 1. The van der Waals surface area contributed by atoms with Crippen LogP contribution in [-0.2, 0) is 0 Å². The third-order valence-electron chi connectivity index (χ3n) is 2.36.